The van der Waals surface area contributed by atoms with E-state index in [1.807, 2.05) is 36.4 Å². The van der Waals surface area contributed by atoms with Crippen molar-refractivity contribution in [1.82, 2.24) is 0 Å². The second-order valence-electron chi connectivity index (χ2n) is 8.49. The number of hydrogen-bond donors (Lipinski definition) is 1. The number of halogens is 2. The maximum absolute atomic E-state index is 14.5. The van der Waals surface area contributed by atoms with Gasteiger partial charge < -0.3 is 14.6 Å². The summed E-state index contributed by atoms with van der Waals surface area (Å²) in [6, 6.07) is 14.5. The monoisotopic (exact) mass is 436 g/mol. The van der Waals surface area contributed by atoms with E-state index >= 15 is 0 Å². The summed E-state index contributed by atoms with van der Waals surface area (Å²) in [6.45, 7) is 1.90. The quantitative estimate of drug-likeness (QED) is 0.555. The Kier molecular flexibility index (Phi) is 4.88. The number of hydrogen-bond acceptors (Lipinski definition) is 3. The molecule has 0 heterocycles. The SMILES string of the molecule is COc1c(F)cc(-c2cccc(COc3ccc4c(c3)CC3C(C(=O)O)C43)c2)c(C)c1F. The fraction of sp³-hybridized carbons (Fsp3) is 0.269. The minimum Gasteiger partial charge on any atom is -0.491 e. The van der Waals surface area contributed by atoms with Crippen molar-refractivity contribution in [3.8, 4) is 22.6 Å². The molecule has 0 radical (unpaired) electrons. The molecule has 3 atom stereocenters. The number of carboxylic acid groups (broad SMARTS) is 1. The van der Waals surface area contributed by atoms with E-state index < -0.39 is 17.6 Å². The van der Waals surface area contributed by atoms with Crippen LogP contribution in [0.5, 0.6) is 11.5 Å². The molecule has 0 amide bonds. The zero-order valence-corrected chi connectivity index (χ0v) is 17.7. The number of methoxy groups -OCH3 is 1. The van der Waals surface area contributed by atoms with Crippen LogP contribution in [0.1, 0.15) is 28.2 Å². The van der Waals surface area contributed by atoms with Crippen LogP contribution in [-0.2, 0) is 17.8 Å². The highest BCUT2D eigenvalue weighted by Crippen LogP contribution is 2.61. The van der Waals surface area contributed by atoms with Gasteiger partial charge in [0.25, 0.3) is 0 Å². The predicted octanol–water partition coefficient (Wildman–Crippen LogP) is 5.50. The van der Waals surface area contributed by atoms with Crippen LogP contribution in [0.4, 0.5) is 8.78 Å². The average Bonchev–Trinajstić information content (AvgIpc) is 3.38. The van der Waals surface area contributed by atoms with Crippen molar-refractivity contribution in [3.63, 3.8) is 0 Å². The van der Waals surface area contributed by atoms with E-state index in [0.717, 1.165) is 28.9 Å². The van der Waals surface area contributed by atoms with Crippen LogP contribution in [0.2, 0.25) is 0 Å². The molecule has 32 heavy (non-hydrogen) atoms. The highest BCUT2D eigenvalue weighted by Gasteiger charge is 2.59. The largest absolute Gasteiger partial charge is 0.491 e. The van der Waals surface area contributed by atoms with Gasteiger partial charge >= 0.3 is 5.97 Å². The lowest BCUT2D eigenvalue weighted by Gasteiger charge is -2.13. The van der Waals surface area contributed by atoms with Gasteiger partial charge in [0.05, 0.1) is 13.0 Å². The molecule has 3 aromatic rings. The Morgan fingerprint density at radius 3 is 2.72 bits per heavy atom. The Hall–Kier alpha value is -3.41. The molecule has 1 N–H and O–H groups in total. The van der Waals surface area contributed by atoms with Crippen LogP contribution in [0.3, 0.4) is 0 Å². The van der Waals surface area contributed by atoms with E-state index in [0.29, 0.717) is 23.3 Å². The van der Waals surface area contributed by atoms with Crippen molar-refractivity contribution < 1.29 is 28.2 Å². The summed E-state index contributed by atoms with van der Waals surface area (Å²) in [7, 11) is 1.24. The number of carbonyl (C=O) groups is 1. The summed E-state index contributed by atoms with van der Waals surface area (Å²) in [5, 5.41) is 9.26. The predicted molar refractivity (Wildman–Crippen MR) is 115 cm³/mol. The molecule has 4 nitrogen and oxygen atoms in total. The van der Waals surface area contributed by atoms with Crippen molar-refractivity contribution in [1.29, 1.82) is 0 Å². The molecule has 2 aliphatic rings. The zero-order valence-electron chi connectivity index (χ0n) is 17.7. The maximum Gasteiger partial charge on any atom is 0.307 e. The molecule has 1 saturated carbocycles. The molecular formula is C26H22F2O4. The molecule has 0 aliphatic heterocycles. The van der Waals surface area contributed by atoms with E-state index in [1.165, 1.54) is 13.2 Å². The molecule has 3 unspecified atom stereocenters. The van der Waals surface area contributed by atoms with Gasteiger partial charge in [-0.15, -0.1) is 0 Å². The first kappa shape index (κ1) is 20.5. The van der Waals surface area contributed by atoms with E-state index in [9.17, 15) is 18.7 Å². The first-order valence-corrected chi connectivity index (χ1v) is 10.5. The van der Waals surface area contributed by atoms with Gasteiger partial charge in [-0.3, -0.25) is 4.79 Å². The molecule has 1 fully saturated rings. The highest BCUT2D eigenvalue weighted by molar-refractivity contribution is 5.78. The first-order chi connectivity index (χ1) is 15.4. The van der Waals surface area contributed by atoms with Gasteiger partial charge in [0, 0.05) is 5.92 Å². The maximum atomic E-state index is 14.5. The van der Waals surface area contributed by atoms with Crippen LogP contribution in [0, 0.1) is 30.4 Å². The van der Waals surface area contributed by atoms with Crippen LogP contribution in [0.25, 0.3) is 11.1 Å². The summed E-state index contributed by atoms with van der Waals surface area (Å²) < 4.78 is 39.5. The topological polar surface area (TPSA) is 55.8 Å². The Labute approximate surface area is 184 Å². The molecule has 5 rings (SSSR count). The number of ether oxygens (including phenoxy) is 2. The molecule has 164 valence electrons. The molecular weight excluding hydrogens is 414 g/mol. The summed E-state index contributed by atoms with van der Waals surface area (Å²) in [4.78, 5) is 11.3. The van der Waals surface area contributed by atoms with Crippen LogP contribution in [-0.4, -0.2) is 18.2 Å². The lowest BCUT2D eigenvalue weighted by molar-refractivity contribution is -0.139. The van der Waals surface area contributed by atoms with Crippen LogP contribution >= 0.6 is 0 Å². The molecule has 3 aromatic carbocycles. The van der Waals surface area contributed by atoms with Gasteiger partial charge in [-0.25, -0.2) is 8.78 Å². The summed E-state index contributed by atoms with van der Waals surface area (Å²) >= 11 is 0. The molecule has 6 heteroatoms. The van der Waals surface area contributed by atoms with Crippen molar-refractivity contribution in [2.24, 2.45) is 11.8 Å². The van der Waals surface area contributed by atoms with Crippen molar-refractivity contribution >= 4 is 5.97 Å². The van der Waals surface area contributed by atoms with E-state index in [-0.39, 0.29) is 23.5 Å². The molecule has 0 saturated heterocycles. The lowest BCUT2D eigenvalue weighted by atomic mass is 9.98. The van der Waals surface area contributed by atoms with Gasteiger partial charge in [0.15, 0.2) is 17.4 Å². The van der Waals surface area contributed by atoms with Crippen molar-refractivity contribution in [2.45, 2.75) is 25.9 Å². The standard InChI is InChI=1S/C26H22F2O4/c1-13-19(11-21(27)25(31-2)24(13)28)15-5-3-4-14(8-15)12-32-17-6-7-18-16(9-17)10-20-22(18)23(20)26(29)30/h3-9,11,20,22-23H,10,12H2,1-2H3,(H,29,30). The number of carboxylic acids is 1. The van der Waals surface area contributed by atoms with Crippen molar-refractivity contribution in [3.05, 3.63) is 82.4 Å². The van der Waals surface area contributed by atoms with E-state index in [2.05, 4.69) is 0 Å². The Balaban J connectivity index is 1.33. The van der Waals surface area contributed by atoms with Gasteiger partial charge in [0.2, 0.25) is 0 Å². The number of benzene rings is 3. The Morgan fingerprint density at radius 2 is 1.97 bits per heavy atom. The summed E-state index contributed by atoms with van der Waals surface area (Å²) in [5.41, 5.74) is 4.62. The smallest absolute Gasteiger partial charge is 0.307 e. The normalized spacial score (nSPS) is 20.4. The summed E-state index contributed by atoms with van der Waals surface area (Å²) in [5.74, 6) is -1.70. The third kappa shape index (κ3) is 3.30. The summed E-state index contributed by atoms with van der Waals surface area (Å²) in [6.07, 6.45) is 0.775. The second-order valence-corrected chi connectivity index (χ2v) is 8.49. The third-order valence-corrected chi connectivity index (χ3v) is 6.65. The van der Waals surface area contributed by atoms with Crippen molar-refractivity contribution in [2.75, 3.05) is 7.11 Å². The first-order valence-electron chi connectivity index (χ1n) is 10.5. The molecule has 0 spiro atoms. The third-order valence-electron chi connectivity index (χ3n) is 6.65. The molecule has 0 aromatic heterocycles. The van der Waals surface area contributed by atoms with Crippen LogP contribution in [0.15, 0.2) is 48.5 Å². The van der Waals surface area contributed by atoms with E-state index in [1.54, 1.807) is 13.0 Å². The number of fused-ring (bicyclic) bond motifs is 3. The average molecular weight is 436 g/mol. The van der Waals surface area contributed by atoms with Gasteiger partial charge in [0.1, 0.15) is 12.4 Å². The fourth-order valence-corrected chi connectivity index (χ4v) is 4.99. The second kappa shape index (κ2) is 7.62. The lowest BCUT2D eigenvalue weighted by Crippen LogP contribution is -2.05. The number of rotatable bonds is 6. The zero-order chi connectivity index (χ0) is 22.6. The molecule has 0 bridgehead atoms. The Morgan fingerprint density at radius 1 is 1.16 bits per heavy atom. The minimum absolute atomic E-state index is 0.141. The van der Waals surface area contributed by atoms with Gasteiger partial charge in [-0.05, 0) is 76.9 Å². The van der Waals surface area contributed by atoms with Gasteiger partial charge in [-0.2, -0.15) is 0 Å². The Bertz CT molecular complexity index is 1240. The van der Waals surface area contributed by atoms with Gasteiger partial charge in [-0.1, -0.05) is 24.3 Å². The fourth-order valence-electron chi connectivity index (χ4n) is 4.99. The van der Waals surface area contributed by atoms with E-state index in [4.69, 9.17) is 9.47 Å². The van der Waals surface area contributed by atoms with Crippen LogP contribution < -0.4 is 9.47 Å². The number of aliphatic carboxylic acids is 1. The minimum atomic E-state index is -0.742. The molecule has 2 aliphatic carbocycles. The highest BCUT2D eigenvalue weighted by atomic mass is 19.1.